The number of nitrogens with zero attached hydrogens (tertiary/aromatic N) is 2. The van der Waals surface area contributed by atoms with Crippen LogP contribution in [0.15, 0.2) is 131 Å². The predicted molar refractivity (Wildman–Crippen MR) is 230 cm³/mol. The van der Waals surface area contributed by atoms with Crippen LogP contribution in [0.1, 0.15) is 80.2 Å². The normalized spacial score (nSPS) is 20.2. The highest BCUT2D eigenvalue weighted by Gasteiger charge is 2.48. The van der Waals surface area contributed by atoms with Gasteiger partial charge >= 0.3 is 0 Å². The second kappa shape index (κ2) is 15.9. The third-order valence-electron chi connectivity index (χ3n) is 11.5. The Bertz CT molecular complexity index is 2590. The standard InChI is InChI=1S/C48H48N2O8S2/c1-29-23-31(3)45(32(4)24-29)59(53,54)49-41(35-15-9-7-10-16-35)27-57-47(49)39-21-13-19-37(43(39)51)38-20-14-22-40(44(38)52)48-50(42(28-58-48)36-17-11-8-12-18-36)60(55,56)46-33(5)25-30(2)26-34(46)6/h7-26,41-42,47-48,51-52H,27-28H2,1-6H3/t41-,42-,47+,48+/m0/s1. The molecule has 0 radical (unpaired) electrons. The van der Waals surface area contributed by atoms with E-state index in [9.17, 15) is 27.0 Å². The van der Waals surface area contributed by atoms with E-state index >= 15 is 0 Å². The number of sulfonamides is 2. The summed E-state index contributed by atoms with van der Waals surface area (Å²) in [4.78, 5) is 0.345. The number of aryl methyl sites for hydroxylation is 6. The fourth-order valence-electron chi connectivity index (χ4n) is 9.18. The lowest BCUT2D eigenvalue weighted by atomic mass is 9.97. The maximum Gasteiger partial charge on any atom is 0.246 e. The topological polar surface area (TPSA) is 134 Å². The maximum atomic E-state index is 14.9. The van der Waals surface area contributed by atoms with Gasteiger partial charge in [-0.2, -0.15) is 8.61 Å². The highest BCUT2D eigenvalue weighted by Crippen LogP contribution is 2.51. The molecule has 0 saturated carbocycles. The van der Waals surface area contributed by atoms with Gasteiger partial charge in [-0.15, -0.1) is 0 Å². The Morgan fingerprint density at radius 3 is 1.15 bits per heavy atom. The van der Waals surface area contributed by atoms with Crippen LogP contribution in [-0.4, -0.2) is 48.9 Å². The summed E-state index contributed by atoms with van der Waals surface area (Å²) in [5, 5.41) is 24.4. The fraction of sp³-hybridized carbons (Fsp3) is 0.250. The van der Waals surface area contributed by atoms with Crippen molar-refractivity contribution in [3.8, 4) is 22.6 Å². The van der Waals surface area contributed by atoms with Crippen molar-refractivity contribution in [2.75, 3.05) is 13.2 Å². The molecule has 6 aromatic carbocycles. The zero-order valence-corrected chi connectivity index (χ0v) is 36.0. The van der Waals surface area contributed by atoms with Crippen molar-refractivity contribution in [2.45, 2.75) is 75.9 Å². The molecule has 2 heterocycles. The molecule has 0 aromatic heterocycles. The number of rotatable bonds is 9. The van der Waals surface area contributed by atoms with E-state index in [0.29, 0.717) is 22.3 Å². The molecule has 2 saturated heterocycles. The molecule has 0 amide bonds. The van der Waals surface area contributed by atoms with Gasteiger partial charge in [0.25, 0.3) is 0 Å². The third kappa shape index (κ3) is 7.10. The molecule has 4 atom stereocenters. The lowest BCUT2D eigenvalue weighted by molar-refractivity contribution is 0.0655. The van der Waals surface area contributed by atoms with Crippen LogP contribution in [0, 0.1) is 41.5 Å². The number of para-hydroxylation sites is 2. The first-order chi connectivity index (χ1) is 28.6. The Morgan fingerprint density at radius 1 is 0.483 bits per heavy atom. The molecule has 2 aliphatic rings. The number of benzene rings is 6. The molecule has 6 aromatic rings. The van der Waals surface area contributed by atoms with Gasteiger partial charge in [-0.3, -0.25) is 0 Å². The van der Waals surface area contributed by atoms with Gasteiger partial charge in [0, 0.05) is 22.3 Å². The Hall–Kier alpha value is -5.34. The van der Waals surface area contributed by atoms with E-state index < -0.39 is 44.6 Å². The van der Waals surface area contributed by atoms with Gasteiger partial charge in [-0.1, -0.05) is 132 Å². The highest BCUT2D eigenvalue weighted by atomic mass is 32.2. The maximum absolute atomic E-state index is 14.9. The molecule has 0 unspecified atom stereocenters. The van der Waals surface area contributed by atoms with E-state index in [1.54, 1.807) is 64.1 Å². The number of ether oxygens (including phenoxy) is 2. The second-order valence-corrected chi connectivity index (χ2v) is 19.4. The molecule has 60 heavy (non-hydrogen) atoms. The quantitative estimate of drug-likeness (QED) is 0.147. The number of hydrogen-bond donors (Lipinski definition) is 2. The fourth-order valence-corrected chi connectivity index (χ4v) is 13.3. The second-order valence-electron chi connectivity index (χ2n) is 15.8. The van der Waals surface area contributed by atoms with Crippen LogP contribution in [0.25, 0.3) is 11.1 Å². The van der Waals surface area contributed by atoms with Crippen LogP contribution in [0.5, 0.6) is 11.5 Å². The van der Waals surface area contributed by atoms with Crippen molar-refractivity contribution >= 4 is 20.0 Å². The van der Waals surface area contributed by atoms with Gasteiger partial charge < -0.3 is 19.7 Å². The Balaban J connectivity index is 1.24. The minimum atomic E-state index is -4.24. The number of aromatic hydroxyl groups is 2. The molecule has 8 rings (SSSR count). The highest BCUT2D eigenvalue weighted by molar-refractivity contribution is 7.89. The van der Waals surface area contributed by atoms with Crippen molar-refractivity contribution < 1.29 is 36.5 Å². The number of phenols is 2. The summed E-state index contributed by atoms with van der Waals surface area (Å²) in [6.45, 7) is 11.0. The molecule has 0 spiro atoms. The lowest BCUT2D eigenvalue weighted by Crippen LogP contribution is -2.34. The van der Waals surface area contributed by atoms with Gasteiger partial charge in [0.15, 0.2) is 12.5 Å². The summed E-state index contributed by atoms with van der Waals surface area (Å²) in [5.41, 5.74) is 6.44. The van der Waals surface area contributed by atoms with Crippen LogP contribution in [-0.2, 0) is 29.5 Å². The van der Waals surface area contributed by atoms with Gasteiger partial charge in [0.05, 0.1) is 35.1 Å². The Labute approximate surface area is 352 Å². The molecular formula is C48H48N2O8S2. The Morgan fingerprint density at radius 2 is 0.817 bits per heavy atom. The lowest BCUT2D eigenvalue weighted by Gasteiger charge is -2.30. The minimum absolute atomic E-state index is 0.0219. The SMILES string of the molecule is Cc1cc(C)c(S(=O)(=O)N2[C@@H](c3cccc(-c4cccc([C@H]5OC[C@@H](c6ccccc6)N5S(=O)(=O)c5c(C)cc(C)cc5C)c4O)c3O)OC[C@H]2c2ccccc2)c(C)c1. The minimum Gasteiger partial charge on any atom is -0.507 e. The van der Waals surface area contributed by atoms with Crippen LogP contribution in [0.3, 0.4) is 0 Å². The van der Waals surface area contributed by atoms with Crippen molar-refractivity contribution in [3.05, 3.63) is 177 Å². The summed E-state index contributed by atoms with van der Waals surface area (Å²) >= 11 is 0. The van der Waals surface area contributed by atoms with Crippen LogP contribution in [0.2, 0.25) is 0 Å². The van der Waals surface area contributed by atoms with Crippen molar-refractivity contribution in [1.82, 2.24) is 8.61 Å². The molecule has 0 aliphatic carbocycles. The summed E-state index contributed by atoms with van der Waals surface area (Å²) in [6.07, 6.45) is -2.48. The molecule has 2 aliphatic heterocycles. The van der Waals surface area contributed by atoms with E-state index in [0.717, 1.165) is 22.3 Å². The molecule has 12 heteroatoms. The molecule has 310 valence electrons. The number of phenolic OH excluding ortho intramolecular Hbond substituents is 2. The van der Waals surface area contributed by atoms with Crippen molar-refractivity contribution in [1.29, 1.82) is 0 Å². The first-order valence-electron chi connectivity index (χ1n) is 19.8. The Kier molecular flexibility index (Phi) is 11.0. The molecule has 2 fully saturated rings. The van der Waals surface area contributed by atoms with Crippen LogP contribution >= 0.6 is 0 Å². The average molecular weight is 845 g/mol. The van der Waals surface area contributed by atoms with Gasteiger partial charge in [-0.05, 0) is 74.9 Å². The summed E-state index contributed by atoms with van der Waals surface area (Å²) in [5.74, 6) is -0.600. The zero-order chi connectivity index (χ0) is 42.7. The summed E-state index contributed by atoms with van der Waals surface area (Å²) < 4.78 is 75.0. The van der Waals surface area contributed by atoms with Gasteiger partial charge in [0.2, 0.25) is 20.0 Å². The van der Waals surface area contributed by atoms with Gasteiger partial charge in [0.1, 0.15) is 11.5 Å². The first-order valence-corrected chi connectivity index (χ1v) is 22.7. The average Bonchev–Trinajstić information content (AvgIpc) is 3.85. The molecular weight excluding hydrogens is 797 g/mol. The third-order valence-corrected chi connectivity index (χ3v) is 15.8. The van der Waals surface area contributed by atoms with Crippen molar-refractivity contribution in [2.24, 2.45) is 0 Å². The summed E-state index contributed by atoms with van der Waals surface area (Å²) in [7, 11) is -8.49. The molecule has 2 N–H and O–H groups in total. The van der Waals surface area contributed by atoms with E-state index in [-0.39, 0.29) is 56.8 Å². The van der Waals surface area contributed by atoms with E-state index in [1.807, 2.05) is 98.8 Å². The monoisotopic (exact) mass is 844 g/mol. The smallest absolute Gasteiger partial charge is 0.246 e. The largest absolute Gasteiger partial charge is 0.507 e. The van der Waals surface area contributed by atoms with Crippen molar-refractivity contribution in [3.63, 3.8) is 0 Å². The summed E-state index contributed by atoms with van der Waals surface area (Å²) in [6, 6.07) is 34.2. The zero-order valence-electron chi connectivity index (χ0n) is 34.3. The van der Waals surface area contributed by atoms with E-state index in [4.69, 9.17) is 9.47 Å². The van der Waals surface area contributed by atoms with Gasteiger partial charge in [-0.25, -0.2) is 16.8 Å². The van der Waals surface area contributed by atoms with E-state index in [1.165, 1.54) is 8.61 Å². The molecule has 10 nitrogen and oxygen atoms in total. The van der Waals surface area contributed by atoms with Crippen LogP contribution < -0.4 is 0 Å². The van der Waals surface area contributed by atoms with Crippen LogP contribution in [0.4, 0.5) is 0 Å². The number of hydrogen-bond acceptors (Lipinski definition) is 8. The predicted octanol–water partition coefficient (Wildman–Crippen LogP) is 9.54. The first kappa shape index (κ1) is 41.4. The van der Waals surface area contributed by atoms with E-state index in [2.05, 4.69) is 0 Å². The molecule has 0 bridgehead atoms.